The van der Waals surface area contributed by atoms with Crippen LogP contribution in [0.3, 0.4) is 0 Å². The number of hydrogen-bond donors (Lipinski definition) is 4. The van der Waals surface area contributed by atoms with Gasteiger partial charge in [-0.25, -0.2) is 13.1 Å². The summed E-state index contributed by atoms with van der Waals surface area (Å²) in [6, 6.07) is 4.38. The van der Waals surface area contributed by atoms with Crippen LogP contribution in [0.1, 0.15) is 13.3 Å². The highest BCUT2D eigenvalue weighted by Gasteiger charge is 2.13. The minimum absolute atomic E-state index is 0.0717. The van der Waals surface area contributed by atoms with E-state index in [2.05, 4.69) is 15.4 Å². The fraction of sp³-hybridized carbons (Fsp3) is 0.417. The molecule has 8 heteroatoms. The summed E-state index contributed by atoms with van der Waals surface area (Å²) in [5, 5.41) is 5.64. The summed E-state index contributed by atoms with van der Waals surface area (Å²) in [4.78, 5) is 11.4. The topological polar surface area (TPSA) is 113 Å². The van der Waals surface area contributed by atoms with Gasteiger partial charge in [-0.15, -0.1) is 0 Å². The quantitative estimate of drug-likeness (QED) is 0.534. The molecule has 1 aromatic carbocycles. The molecule has 0 saturated heterocycles. The second-order valence-corrected chi connectivity index (χ2v) is 5.97. The molecule has 1 rings (SSSR count). The maximum Gasteiger partial charge on any atom is 0.240 e. The van der Waals surface area contributed by atoms with E-state index in [1.54, 1.807) is 0 Å². The Kier molecular flexibility index (Phi) is 5.78. The Morgan fingerprint density at radius 3 is 2.65 bits per heavy atom. The summed E-state index contributed by atoms with van der Waals surface area (Å²) < 4.78 is 25.6. The third-order valence-corrected chi connectivity index (χ3v) is 4.06. The Hall–Kier alpha value is -1.80. The molecular weight excluding hydrogens is 280 g/mol. The third kappa shape index (κ3) is 4.39. The van der Waals surface area contributed by atoms with Crippen molar-refractivity contribution >= 4 is 27.3 Å². The van der Waals surface area contributed by atoms with Crippen molar-refractivity contribution in [3.05, 3.63) is 18.2 Å². The van der Waals surface area contributed by atoms with Gasteiger partial charge in [-0.2, -0.15) is 0 Å². The van der Waals surface area contributed by atoms with Crippen LogP contribution in [0.4, 0.5) is 11.4 Å². The van der Waals surface area contributed by atoms with E-state index in [0.717, 1.165) is 0 Å². The van der Waals surface area contributed by atoms with Crippen LogP contribution in [0.15, 0.2) is 23.1 Å². The number of nitrogen functional groups attached to an aromatic ring is 1. The van der Waals surface area contributed by atoms with Crippen molar-refractivity contribution in [2.24, 2.45) is 0 Å². The van der Waals surface area contributed by atoms with Gasteiger partial charge in [0.1, 0.15) is 0 Å². The largest absolute Gasteiger partial charge is 0.397 e. The van der Waals surface area contributed by atoms with E-state index in [9.17, 15) is 13.2 Å². The van der Waals surface area contributed by atoms with Crippen LogP contribution in [0.2, 0.25) is 0 Å². The van der Waals surface area contributed by atoms with Gasteiger partial charge in [-0.05, 0) is 32.2 Å². The normalized spacial score (nSPS) is 11.1. The van der Waals surface area contributed by atoms with Crippen molar-refractivity contribution in [2.75, 3.05) is 31.2 Å². The van der Waals surface area contributed by atoms with E-state index in [4.69, 9.17) is 5.73 Å². The maximum atomic E-state index is 11.7. The molecule has 0 radical (unpaired) electrons. The van der Waals surface area contributed by atoms with Crippen LogP contribution in [0, 0.1) is 0 Å². The molecule has 0 aliphatic carbocycles. The predicted octanol–water partition coefficient (Wildman–Crippen LogP) is 0.115. The van der Waals surface area contributed by atoms with E-state index >= 15 is 0 Å². The molecule has 0 fully saturated rings. The molecule has 0 bridgehead atoms. The van der Waals surface area contributed by atoms with Crippen molar-refractivity contribution < 1.29 is 13.2 Å². The van der Waals surface area contributed by atoms with E-state index in [1.165, 1.54) is 25.2 Å². The summed E-state index contributed by atoms with van der Waals surface area (Å²) in [7, 11) is -2.17. The zero-order chi connectivity index (χ0) is 15.2. The molecule has 0 atom stereocenters. The highest BCUT2D eigenvalue weighted by atomic mass is 32.2. The first-order valence-electron chi connectivity index (χ1n) is 6.24. The minimum Gasteiger partial charge on any atom is -0.397 e. The molecule has 0 aromatic heterocycles. The summed E-state index contributed by atoms with van der Waals surface area (Å²) in [6.07, 6.45) is 0.288. The zero-order valence-corrected chi connectivity index (χ0v) is 12.4. The number of nitrogens with two attached hydrogens (primary N) is 1. The van der Waals surface area contributed by atoms with E-state index in [-0.39, 0.29) is 17.2 Å². The number of carbonyl (C=O) groups is 1. The lowest BCUT2D eigenvalue weighted by atomic mass is 10.2. The van der Waals surface area contributed by atoms with Crippen LogP contribution >= 0.6 is 0 Å². The fourth-order valence-corrected chi connectivity index (χ4v) is 2.33. The molecule has 0 heterocycles. The average Bonchev–Trinajstić information content (AvgIpc) is 2.41. The molecular formula is C12H20N4O3S. The zero-order valence-electron chi connectivity index (χ0n) is 11.6. The molecule has 0 saturated carbocycles. The van der Waals surface area contributed by atoms with E-state index in [1.807, 2.05) is 6.92 Å². The van der Waals surface area contributed by atoms with Crippen LogP contribution in [0.25, 0.3) is 0 Å². The maximum absolute atomic E-state index is 11.7. The number of carbonyl (C=O) groups excluding carboxylic acids is 1. The summed E-state index contributed by atoms with van der Waals surface area (Å²) >= 11 is 0. The first-order chi connectivity index (χ1) is 9.40. The Morgan fingerprint density at radius 2 is 2.05 bits per heavy atom. The van der Waals surface area contributed by atoms with Gasteiger partial charge in [0.05, 0.1) is 16.3 Å². The standard InChI is InChI=1S/C12H20N4O3S/c1-3-15-12(17)6-7-16-11-8-9(4-5-10(11)13)20(18,19)14-2/h4-5,8,14,16H,3,6-7,13H2,1-2H3,(H,15,17). The molecule has 5 N–H and O–H groups in total. The van der Waals surface area contributed by atoms with Crippen LogP contribution in [0.5, 0.6) is 0 Å². The molecule has 20 heavy (non-hydrogen) atoms. The Balaban J connectivity index is 2.75. The number of anilines is 2. The van der Waals surface area contributed by atoms with Gasteiger partial charge in [-0.1, -0.05) is 0 Å². The minimum atomic E-state index is -3.51. The smallest absolute Gasteiger partial charge is 0.240 e. The fourth-order valence-electron chi connectivity index (χ4n) is 1.57. The van der Waals surface area contributed by atoms with E-state index in [0.29, 0.717) is 24.5 Å². The summed E-state index contributed by atoms with van der Waals surface area (Å²) in [5.74, 6) is -0.0717. The van der Waals surface area contributed by atoms with Crippen molar-refractivity contribution in [3.63, 3.8) is 0 Å². The van der Waals surface area contributed by atoms with Gasteiger partial charge in [0.25, 0.3) is 0 Å². The highest BCUT2D eigenvalue weighted by molar-refractivity contribution is 7.89. The number of benzene rings is 1. The van der Waals surface area contributed by atoms with Crippen LogP contribution < -0.4 is 21.1 Å². The lowest BCUT2D eigenvalue weighted by molar-refractivity contribution is -0.120. The van der Waals surface area contributed by atoms with Gasteiger partial charge >= 0.3 is 0 Å². The van der Waals surface area contributed by atoms with Gasteiger partial charge in [0.15, 0.2) is 0 Å². The Labute approximate surface area is 119 Å². The lowest BCUT2D eigenvalue weighted by Gasteiger charge is -2.11. The SMILES string of the molecule is CCNC(=O)CCNc1cc(S(=O)(=O)NC)ccc1N. The monoisotopic (exact) mass is 300 g/mol. The predicted molar refractivity (Wildman–Crippen MR) is 78.9 cm³/mol. The van der Waals surface area contributed by atoms with Gasteiger partial charge < -0.3 is 16.4 Å². The van der Waals surface area contributed by atoms with Gasteiger partial charge in [-0.3, -0.25) is 4.79 Å². The number of amides is 1. The Bertz CT molecular complexity index is 572. The molecule has 1 aromatic rings. The van der Waals surface area contributed by atoms with Crippen molar-refractivity contribution in [2.45, 2.75) is 18.2 Å². The first kappa shape index (κ1) is 16.3. The molecule has 0 spiro atoms. The van der Waals surface area contributed by atoms with Gasteiger partial charge in [0.2, 0.25) is 15.9 Å². The second kappa shape index (κ2) is 7.11. The second-order valence-electron chi connectivity index (χ2n) is 4.09. The summed E-state index contributed by atoms with van der Waals surface area (Å²) in [6.45, 7) is 2.80. The van der Waals surface area contributed by atoms with Gasteiger partial charge in [0, 0.05) is 19.5 Å². The van der Waals surface area contributed by atoms with Crippen molar-refractivity contribution in [3.8, 4) is 0 Å². The number of nitrogens with one attached hydrogen (secondary N) is 3. The number of hydrogen-bond acceptors (Lipinski definition) is 5. The van der Waals surface area contributed by atoms with Crippen molar-refractivity contribution in [1.82, 2.24) is 10.0 Å². The molecule has 112 valence electrons. The molecule has 7 nitrogen and oxygen atoms in total. The lowest BCUT2D eigenvalue weighted by Crippen LogP contribution is -2.25. The van der Waals surface area contributed by atoms with Crippen LogP contribution in [-0.4, -0.2) is 34.5 Å². The van der Waals surface area contributed by atoms with E-state index < -0.39 is 10.0 Å². The average molecular weight is 300 g/mol. The first-order valence-corrected chi connectivity index (χ1v) is 7.72. The number of sulfonamides is 1. The Morgan fingerprint density at radius 1 is 1.35 bits per heavy atom. The molecule has 1 amide bonds. The highest BCUT2D eigenvalue weighted by Crippen LogP contribution is 2.22. The number of rotatable bonds is 7. The molecule has 0 aliphatic rings. The molecule has 0 aliphatic heterocycles. The molecule has 0 unspecified atom stereocenters. The summed E-state index contributed by atoms with van der Waals surface area (Å²) in [5.41, 5.74) is 6.69. The third-order valence-electron chi connectivity index (χ3n) is 2.65. The van der Waals surface area contributed by atoms with Crippen LogP contribution in [-0.2, 0) is 14.8 Å². The van der Waals surface area contributed by atoms with Crippen molar-refractivity contribution in [1.29, 1.82) is 0 Å².